The highest BCUT2D eigenvalue weighted by molar-refractivity contribution is 7.89. The SMILES string of the molecule is CN=C(NCc1ccc(S(N)(=O)=O)cc1)N1CCC(Oc2ccccn2)C1. The summed E-state index contributed by atoms with van der Waals surface area (Å²) < 4.78 is 28.5. The van der Waals surface area contributed by atoms with E-state index in [1.165, 1.54) is 12.1 Å². The van der Waals surface area contributed by atoms with Gasteiger partial charge in [0.05, 0.1) is 11.4 Å². The van der Waals surface area contributed by atoms with Gasteiger partial charge in [-0.1, -0.05) is 18.2 Å². The molecule has 0 bridgehead atoms. The fourth-order valence-corrected chi connectivity index (χ4v) is 3.43. The second-order valence-corrected chi connectivity index (χ2v) is 7.79. The zero-order chi connectivity index (χ0) is 19.3. The van der Waals surface area contributed by atoms with Gasteiger partial charge in [-0.3, -0.25) is 4.99 Å². The number of rotatable bonds is 5. The Kier molecular flexibility index (Phi) is 5.92. The van der Waals surface area contributed by atoms with Crippen LogP contribution in [0.15, 0.2) is 58.5 Å². The van der Waals surface area contributed by atoms with Gasteiger partial charge in [-0.25, -0.2) is 18.5 Å². The number of hydrogen-bond donors (Lipinski definition) is 2. The number of pyridine rings is 1. The third kappa shape index (κ3) is 5.18. The monoisotopic (exact) mass is 389 g/mol. The number of ether oxygens (including phenoxy) is 1. The summed E-state index contributed by atoms with van der Waals surface area (Å²) in [6.07, 6.45) is 2.66. The highest BCUT2D eigenvalue weighted by Crippen LogP contribution is 2.16. The molecule has 1 aliphatic heterocycles. The summed E-state index contributed by atoms with van der Waals surface area (Å²) in [6, 6.07) is 12.1. The second kappa shape index (κ2) is 8.36. The van der Waals surface area contributed by atoms with Crippen molar-refractivity contribution in [1.82, 2.24) is 15.2 Å². The molecular weight excluding hydrogens is 366 g/mol. The van der Waals surface area contributed by atoms with Gasteiger partial charge in [-0.2, -0.15) is 0 Å². The molecule has 1 atom stereocenters. The normalized spacial score (nSPS) is 17.8. The third-order valence-corrected chi connectivity index (χ3v) is 5.21. The van der Waals surface area contributed by atoms with Crippen LogP contribution >= 0.6 is 0 Å². The van der Waals surface area contributed by atoms with Gasteiger partial charge in [0.25, 0.3) is 0 Å². The quantitative estimate of drug-likeness (QED) is 0.582. The van der Waals surface area contributed by atoms with Gasteiger partial charge in [0.1, 0.15) is 6.10 Å². The number of nitrogens with zero attached hydrogens (tertiary/aromatic N) is 3. The van der Waals surface area contributed by atoms with Gasteiger partial charge in [0, 0.05) is 38.8 Å². The molecule has 3 rings (SSSR count). The molecule has 1 aromatic heterocycles. The molecule has 2 aromatic rings. The lowest BCUT2D eigenvalue weighted by Gasteiger charge is -2.21. The minimum absolute atomic E-state index is 0.0625. The van der Waals surface area contributed by atoms with Crippen molar-refractivity contribution in [2.24, 2.45) is 10.1 Å². The number of nitrogens with two attached hydrogens (primary N) is 1. The Bertz CT molecular complexity index is 885. The van der Waals surface area contributed by atoms with E-state index in [1.807, 2.05) is 18.2 Å². The maximum Gasteiger partial charge on any atom is 0.238 e. The number of primary sulfonamides is 1. The standard InChI is InChI=1S/C18H23N5O3S/c1-20-18(22-12-14-5-7-16(8-6-14)27(19,24)25)23-11-9-15(13-23)26-17-4-2-3-10-21-17/h2-8,10,15H,9,11-13H2,1H3,(H,20,22)(H2,19,24,25). The number of benzene rings is 1. The van der Waals surface area contributed by atoms with Crippen LogP contribution in [0.1, 0.15) is 12.0 Å². The predicted octanol–water partition coefficient (Wildman–Crippen LogP) is 0.958. The number of nitrogens with one attached hydrogen (secondary N) is 1. The molecule has 0 radical (unpaired) electrons. The van der Waals surface area contributed by atoms with Crippen molar-refractivity contribution < 1.29 is 13.2 Å². The molecule has 1 aliphatic rings. The highest BCUT2D eigenvalue weighted by Gasteiger charge is 2.26. The van der Waals surface area contributed by atoms with Gasteiger partial charge >= 0.3 is 0 Å². The lowest BCUT2D eigenvalue weighted by molar-refractivity contribution is 0.205. The molecule has 27 heavy (non-hydrogen) atoms. The summed E-state index contributed by atoms with van der Waals surface area (Å²) >= 11 is 0. The van der Waals surface area contributed by atoms with Crippen LogP contribution in [0.25, 0.3) is 0 Å². The van der Waals surface area contributed by atoms with Crippen LogP contribution in [0.5, 0.6) is 5.88 Å². The van der Waals surface area contributed by atoms with Crippen molar-refractivity contribution in [1.29, 1.82) is 0 Å². The van der Waals surface area contributed by atoms with E-state index in [0.717, 1.165) is 31.0 Å². The molecule has 1 unspecified atom stereocenters. The molecule has 0 aliphatic carbocycles. The molecule has 9 heteroatoms. The summed E-state index contributed by atoms with van der Waals surface area (Å²) in [5.41, 5.74) is 0.934. The number of likely N-dealkylation sites (tertiary alicyclic amines) is 1. The first-order chi connectivity index (χ1) is 13.0. The summed E-state index contributed by atoms with van der Waals surface area (Å²) in [5.74, 6) is 1.40. The Morgan fingerprint density at radius 3 is 2.74 bits per heavy atom. The Morgan fingerprint density at radius 1 is 1.33 bits per heavy atom. The summed E-state index contributed by atoms with van der Waals surface area (Å²) in [5, 5.41) is 8.41. The van der Waals surface area contributed by atoms with Gasteiger partial charge in [0.15, 0.2) is 5.96 Å². The number of sulfonamides is 1. The first kappa shape index (κ1) is 19.1. The average Bonchev–Trinajstić information content (AvgIpc) is 3.11. The zero-order valence-electron chi connectivity index (χ0n) is 15.1. The Balaban J connectivity index is 1.54. The van der Waals surface area contributed by atoms with Crippen molar-refractivity contribution in [2.45, 2.75) is 24.0 Å². The van der Waals surface area contributed by atoms with Crippen LogP contribution in [0.4, 0.5) is 0 Å². The highest BCUT2D eigenvalue weighted by atomic mass is 32.2. The predicted molar refractivity (Wildman–Crippen MR) is 103 cm³/mol. The minimum Gasteiger partial charge on any atom is -0.472 e. The lowest BCUT2D eigenvalue weighted by atomic mass is 10.2. The molecule has 0 amide bonds. The number of hydrogen-bond acceptors (Lipinski definition) is 5. The Labute approximate surface area is 159 Å². The Hall–Kier alpha value is -2.65. The molecule has 144 valence electrons. The molecular formula is C18H23N5O3S. The van der Waals surface area contributed by atoms with Gasteiger partial charge < -0.3 is 15.0 Å². The average molecular weight is 389 g/mol. The second-order valence-electron chi connectivity index (χ2n) is 6.23. The fourth-order valence-electron chi connectivity index (χ4n) is 2.91. The number of aromatic nitrogens is 1. The molecule has 2 heterocycles. The van der Waals surface area contributed by atoms with Crippen LogP contribution in [-0.4, -0.2) is 50.5 Å². The largest absolute Gasteiger partial charge is 0.472 e. The summed E-state index contributed by atoms with van der Waals surface area (Å²) in [7, 11) is -1.94. The minimum atomic E-state index is -3.67. The topological polar surface area (TPSA) is 110 Å². The van der Waals surface area contributed by atoms with E-state index in [1.54, 1.807) is 25.4 Å². The van der Waals surface area contributed by atoms with Crippen LogP contribution in [0, 0.1) is 0 Å². The van der Waals surface area contributed by atoms with Crippen molar-refractivity contribution in [3.05, 3.63) is 54.2 Å². The molecule has 1 saturated heterocycles. The van der Waals surface area contributed by atoms with E-state index in [9.17, 15) is 8.42 Å². The maximum atomic E-state index is 11.3. The van der Waals surface area contributed by atoms with Crippen molar-refractivity contribution in [2.75, 3.05) is 20.1 Å². The maximum absolute atomic E-state index is 11.3. The summed E-state index contributed by atoms with van der Waals surface area (Å²) in [4.78, 5) is 10.8. The third-order valence-electron chi connectivity index (χ3n) is 4.28. The molecule has 1 aromatic carbocycles. The fraction of sp³-hybridized carbons (Fsp3) is 0.333. The van der Waals surface area contributed by atoms with E-state index < -0.39 is 10.0 Å². The van der Waals surface area contributed by atoms with Gasteiger partial charge in [-0.15, -0.1) is 0 Å². The number of guanidine groups is 1. The molecule has 0 spiro atoms. The van der Waals surface area contributed by atoms with E-state index in [0.29, 0.717) is 12.4 Å². The van der Waals surface area contributed by atoms with E-state index >= 15 is 0 Å². The molecule has 0 saturated carbocycles. The van der Waals surface area contributed by atoms with Crippen LogP contribution in [-0.2, 0) is 16.6 Å². The smallest absolute Gasteiger partial charge is 0.238 e. The van der Waals surface area contributed by atoms with E-state index in [2.05, 4.69) is 20.2 Å². The van der Waals surface area contributed by atoms with Crippen molar-refractivity contribution >= 4 is 16.0 Å². The molecule has 3 N–H and O–H groups in total. The number of aliphatic imine (C=N–C) groups is 1. The molecule has 1 fully saturated rings. The first-order valence-corrected chi connectivity index (χ1v) is 10.2. The van der Waals surface area contributed by atoms with Gasteiger partial charge in [-0.05, 0) is 23.8 Å². The lowest BCUT2D eigenvalue weighted by Crippen LogP contribution is -2.40. The van der Waals surface area contributed by atoms with E-state index in [4.69, 9.17) is 9.88 Å². The van der Waals surface area contributed by atoms with Crippen molar-refractivity contribution in [3.8, 4) is 5.88 Å². The van der Waals surface area contributed by atoms with Crippen LogP contribution < -0.4 is 15.2 Å². The zero-order valence-corrected chi connectivity index (χ0v) is 15.9. The van der Waals surface area contributed by atoms with Crippen LogP contribution in [0.2, 0.25) is 0 Å². The van der Waals surface area contributed by atoms with Crippen molar-refractivity contribution in [3.63, 3.8) is 0 Å². The Morgan fingerprint density at radius 2 is 2.11 bits per heavy atom. The molecule has 8 nitrogen and oxygen atoms in total. The van der Waals surface area contributed by atoms with E-state index in [-0.39, 0.29) is 11.0 Å². The van der Waals surface area contributed by atoms with Gasteiger partial charge in [0.2, 0.25) is 15.9 Å². The first-order valence-electron chi connectivity index (χ1n) is 8.61. The van der Waals surface area contributed by atoms with Crippen LogP contribution in [0.3, 0.4) is 0 Å². The summed E-state index contributed by atoms with van der Waals surface area (Å²) in [6.45, 7) is 2.09.